The highest BCUT2D eigenvalue weighted by Crippen LogP contribution is 2.47. The lowest BCUT2D eigenvalue weighted by atomic mass is 10.00. The Bertz CT molecular complexity index is 987. The Balaban J connectivity index is 2.23. The fourth-order valence-electron chi connectivity index (χ4n) is 3.05. The van der Waals surface area contributed by atoms with Gasteiger partial charge < -0.3 is 29.2 Å². The molecular formula is C20H22N2O6. The van der Waals surface area contributed by atoms with Gasteiger partial charge in [0.25, 0.3) is 0 Å². The predicted molar refractivity (Wildman–Crippen MR) is 104 cm³/mol. The van der Waals surface area contributed by atoms with E-state index in [9.17, 15) is 10.2 Å². The Morgan fingerprint density at radius 1 is 0.786 bits per heavy atom. The zero-order chi connectivity index (χ0) is 20.4. The predicted octanol–water partition coefficient (Wildman–Crippen LogP) is 3.20. The number of hydrogen-bond acceptors (Lipinski definition) is 7. The molecule has 2 aromatic carbocycles. The quantitative estimate of drug-likeness (QED) is 0.628. The lowest BCUT2D eigenvalue weighted by Gasteiger charge is -2.14. The molecule has 148 valence electrons. The van der Waals surface area contributed by atoms with Gasteiger partial charge in [-0.2, -0.15) is 5.10 Å². The van der Waals surface area contributed by atoms with Crippen molar-refractivity contribution in [3.8, 4) is 56.9 Å². The first-order valence-electron chi connectivity index (χ1n) is 8.38. The largest absolute Gasteiger partial charge is 0.504 e. The smallest absolute Gasteiger partial charge is 0.203 e. The second-order valence-corrected chi connectivity index (χ2v) is 5.99. The highest BCUT2D eigenvalue weighted by atomic mass is 16.5. The van der Waals surface area contributed by atoms with E-state index in [0.717, 1.165) is 5.56 Å². The van der Waals surface area contributed by atoms with E-state index < -0.39 is 0 Å². The number of benzene rings is 2. The van der Waals surface area contributed by atoms with Crippen LogP contribution in [-0.2, 0) is 7.05 Å². The standard InChI is InChI=1S/C20H22N2O6/c1-22-10-13(11-8-15(26-3)20(28-5)16(9-11)27-4)17(21-22)12-6-7-14(25-2)19(24)18(12)23/h6-10,23-24H,1-5H3. The summed E-state index contributed by atoms with van der Waals surface area (Å²) in [6.07, 6.45) is 1.80. The molecule has 0 saturated carbocycles. The maximum Gasteiger partial charge on any atom is 0.203 e. The monoisotopic (exact) mass is 386 g/mol. The third-order valence-electron chi connectivity index (χ3n) is 4.39. The Labute approximate surface area is 162 Å². The van der Waals surface area contributed by atoms with E-state index in [-0.39, 0.29) is 17.2 Å². The fourth-order valence-corrected chi connectivity index (χ4v) is 3.05. The number of aryl methyl sites for hydroxylation is 1. The van der Waals surface area contributed by atoms with Gasteiger partial charge in [0.05, 0.1) is 28.4 Å². The fraction of sp³-hybridized carbons (Fsp3) is 0.250. The van der Waals surface area contributed by atoms with Gasteiger partial charge in [0.1, 0.15) is 5.69 Å². The van der Waals surface area contributed by atoms with Crippen LogP contribution in [0.15, 0.2) is 30.5 Å². The first-order chi connectivity index (χ1) is 13.4. The highest BCUT2D eigenvalue weighted by molar-refractivity contribution is 5.86. The number of hydrogen-bond donors (Lipinski definition) is 2. The maximum absolute atomic E-state index is 10.5. The molecule has 0 aliphatic heterocycles. The number of phenols is 2. The van der Waals surface area contributed by atoms with Crippen molar-refractivity contribution in [3.63, 3.8) is 0 Å². The van der Waals surface area contributed by atoms with Crippen LogP contribution in [-0.4, -0.2) is 48.4 Å². The Morgan fingerprint density at radius 2 is 1.39 bits per heavy atom. The summed E-state index contributed by atoms with van der Waals surface area (Å²) in [4.78, 5) is 0. The van der Waals surface area contributed by atoms with E-state index in [4.69, 9.17) is 18.9 Å². The van der Waals surface area contributed by atoms with Crippen LogP contribution < -0.4 is 18.9 Å². The summed E-state index contributed by atoms with van der Waals surface area (Å²) < 4.78 is 22.9. The van der Waals surface area contributed by atoms with Crippen LogP contribution in [0.2, 0.25) is 0 Å². The first-order valence-corrected chi connectivity index (χ1v) is 8.38. The molecule has 0 amide bonds. The average Bonchev–Trinajstić information content (AvgIpc) is 3.10. The summed E-state index contributed by atoms with van der Waals surface area (Å²) in [5.41, 5.74) is 2.30. The zero-order valence-corrected chi connectivity index (χ0v) is 16.3. The lowest BCUT2D eigenvalue weighted by molar-refractivity contribution is 0.324. The van der Waals surface area contributed by atoms with Gasteiger partial charge in [-0.3, -0.25) is 4.68 Å². The van der Waals surface area contributed by atoms with Crippen molar-refractivity contribution in [1.29, 1.82) is 0 Å². The van der Waals surface area contributed by atoms with E-state index >= 15 is 0 Å². The van der Waals surface area contributed by atoms with E-state index in [0.29, 0.717) is 34.1 Å². The van der Waals surface area contributed by atoms with Crippen molar-refractivity contribution in [2.75, 3.05) is 28.4 Å². The Hall–Kier alpha value is -3.55. The van der Waals surface area contributed by atoms with Gasteiger partial charge in [0.2, 0.25) is 11.5 Å². The number of aromatic nitrogens is 2. The summed E-state index contributed by atoms with van der Waals surface area (Å²) in [6, 6.07) is 6.79. The average molecular weight is 386 g/mol. The van der Waals surface area contributed by atoms with Crippen LogP contribution in [0, 0.1) is 0 Å². The van der Waals surface area contributed by atoms with Crippen LogP contribution in [0.3, 0.4) is 0 Å². The van der Waals surface area contributed by atoms with Crippen molar-refractivity contribution < 1.29 is 29.2 Å². The first kappa shape index (κ1) is 19.2. The molecule has 3 rings (SSSR count). The molecule has 0 radical (unpaired) electrons. The summed E-state index contributed by atoms with van der Waals surface area (Å²) in [7, 11) is 7.80. The molecule has 2 N–H and O–H groups in total. The molecule has 0 bridgehead atoms. The minimum absolute atomic E-state index is 0.173. The molecule has 0 unspecified atom stereocenters. The molecule has 0 atom stereocenters. The lowest BCUT2D eigenvalue weighted by Crippen LogP contribution is -1.96. The minimum Gasteiger partial charge on any atom is -0.504 e. The molecule has 0 spiro atoms. The minimum atomic E-state index is -0.346. The van der Waals surface area contributed by atoms with Gasteiger partial charge in [0.15, 0.2) is 23.0 Å². The van der Waals surface area contributed by atoms with E-state index in [1.54, 1.807) is 56.4 Å². The molecule has 8 heteroatoms. The van der Waals surface area contributed by atoms with Crippen LogP contribution in [0.1, 0.15) is 0 Å². The summed E-state index contributed by atoms with van der Waals surface area (Å²) in [5.74, 6) is 0.978. The van der Waals surface area contributed by atoms with Crippen molar-refractivity contribution in [2.24, 2.45) is 7.05 Å². The third kappa shape index (κ3) is 3.13. The molecule has 0 aliphatic carbocycles. The van der Waals surface area contributed by atoms with Crippen LogP contribution in [0.5, 0.6) is 34.5 Å². The van der Waals surface area contributed by atoms with Crippen LogP contribution in [0.4, 0.5) is 0 Å². The molecule has 1 aromatic heterocycles. The number of ether oxygens (including phenoxy) is 4. The molecular weight excluding hydrogens is 364 g/mol. The molecule has 1 heterocycles. The molecule has 0 saturated heterocycles. The third-order valence-corrected chi connectivity index (χ3v) is 4.39. The van der Waals surface area contributed by atoms with Crippen molar-refractivity contribution in [2.45, 2.75) is 0 Å². The van der Waals surface area contributed by atoms with Crippen molar-refractivity contribution in [3.05, 3.63) is 30.5 Å². The molecule has 28 heavy (non-hydrogen) atoms. The van der Waals surface area contributed by atoms with Gasteiger partial charge in [-0.25, -0.2) is 0 Å². The van der Waals surface area contributed by atoms with Crippen molar-refractivity contribution in [1.82, 2.24) is 9.78 Å². The number of aromatic hydroxyl groups is 2. The van der Waals surface area contributed by atoms with Gasteiger partial charge in [-0.05, 0) is 29.8 Å². The van der Waals surface area contributed by atoms with Crippen LogP contribution >= 0.6 is 0 Å². The van der Waals surface area contributed by atoms with Gasteiger partial charge >= 0.3 is 0 Å². The number of phenolic OH excluding ortho intramolecular Hbond substituents is 2. The topological polar surface area (TPSA) is 95.2 Å². The van der Waals surface area contributed by atoms with Crippen molar-refractivity contribution >= 4 is 0 Å². The van der Waals surface area contributed by atoms with Crippen LogP contribution in [0.25, 0.3) is 22.4 Å². The summed E-state index contributed by atoms with van der Waals surface area (Å²) in [5, 5.41) is 25.1. The molecule has 0 aliphatic rings. The van der Waals surface area contributed by atoms with Gasteiger partial charge in [0, 0.05) is 24.4 Å². The molecule has 0 fully saturated rings. The second-order valence-electron chi connectivity index (χ2n) is 5.99. The number of rotatable bonds is 6. The van der Waals surface area contributed by atoms with Gasteiger partial charge in [-0.1, -0.05) is 0 Å². The molecule has 3 aromatic rings. The number of nitrogens with zero attached hydrogens (tertiary/aromatic N) is 2. The number of methoxy groups -OCH3 is 4. The Kier molecular flexibility index (Phi) is 5.21. The SMILES string of the molecule is COc1ccc(-c2nn(C)cc2-c2cc(OC)c(OC)c(OC)c2)c(O)c1O. The summed E-state index contributed by atoms with van der Waals surface area (Å²) >= 11 is 0. The normalized spacial score (nSPS) is 10.6. The second kappa shape index (κ2) is 7.59. The van der Waals surface area contributed by atoms with Gasteiger partial charge in [-0.15, -0.1) is 0 Å². The zero-order valence-electron chi connectivity index (χ0n) is 16.3. The van der Waals surface area contributed by atoms with E-state index in [1.165, 1.54) is 14.2 Å². The maximum atomic E-state index is 10.5. The van der Waals surface area contributed by atoms with E-state index in [1.807, 2.05) is 0 Å². The molecule has 8 nitrogen and oxygen atoms in total. The van der Waals surface area contributed by atoms with E-state index in [2.05, 4.69) is 5.10 Å². The highest BCUT2D eigenvalue weighted by Gasteiger charge is 2.22. The Morgan fingerprint density at radius 3 is 1.93 bits per heavy atom. The summed E-state index contributed by atoms with van der Waals surface area (Å²) in [6.45, 7) is 0.